The number of amides is 2. The summed E-state index contributed by atoms with van der Waals surface area (Å²) in [4.78, 5) is 26.7. The lowest BCUT2D eigenvalue weighted by Crippen LogP contribution is -2.68. The van der Waals surface area contributed by atoms with Gasteiger partial charge in [0.1, 0.15) is 17.3 Å². The Morgan fingerprint density at radius 1 is 1.33 bits per heavy atom. The lowest BCUT2D eigenvalue weighted by atomic mass is 9.91. The monoisotopic (exact) mass is 293 g/mol. The van der Waals surface area contributed by atoms with Crippen molar-refractivity contribution >= 4 is 11.8 Å². The molecule has 116 valence electrons. The molecule has 2 rings (SSSR count). The van der Waals surface area contributed by atoms with E-state index in [1.54, 1.807) is 18.7 Å². The Bertz CT molecular complexity index is 555. The second-order valence-electron chi connectivity index (χ2n) is 6.54. The van der Waals surface area contributed by atoms with E-state index in [1.807, 2.05) is 27.7 Å². The molecule has 6 heteroatoms. The predicted molar refractivity (Wildman–Crippen MR) is 77.4 cm³/mol. The summed E-state index contributed by atoms with van der Waals surface area (Å²) in [6.45, 7) is 11.3. The maximum absolute atomic E-state index is 12.7. The lowest BCUT2D eigenvalue weighted by Gasteiger charge is -2.44. The Morgan fingerprint density at radius 3 is 2.43 bits per heavy atom. The van der Waals surface area contributed by atoms with Crippen LogP contribution in [0.3, 0.4) is 0 Å². The molecule has 0 spiro atoms. The number of rotatable bonds is 3. The molecule has 0 radical (unpaired) electrons. The van der Waals surface area contributed by atoms with Crippen molar-refractivity contribution in [3.8, 4) is 0 Å². The van der Waals surface area contributed by atoms with E-state index < -0.39 is 11.6 Å². The van der Waals surface area contributed by atoms with Crippen LogP contribution in [0, 0.1) is 19.8 Å². The van der Waals surface area contributed by atoms with Gasteiger partial charge in [-0.2, -0.15) is 0 Å². The number of hydrogen-bond donors (Lipinski definition) is 1. The highest BCUT2D eigenvalue weighted by Gasteiger charge is 2.46. The molecule has 1 saturated heterocycles. The fraction of sp³-hybridized carbons (Fsp3) is 0.667. The highest BCUT2D eigenvalue weighted by atomic mass is 16.5. The second-order valence-corrected chi connectivity index (χ2v) is 6.54. The van der Waals surface area contributed by atoms with Crippen molar-refractivity contribution < 1.29 is 14.1 Å². The molecule has 1 aliphatic heterocycles. The molecule has 6 nitrogen and oxygen atoms in total. The van der Waals surface area contributed by atoms with Crippen LogP contribution in [-0.2, 0) is 16.1 Å². The first-order valence-electron chi connectivity index (χ1n) is 7.20. The Kier molecular flexibility index (Phi) is 3.82. The van der Waals surface area contributed by atoms with Crippen LogP contribution in [0.4, 0.5) is 0 Å². The van der Waals surface area contributed by atoms with Crippen LogP contribution >= 0.6 is 0 Å². The highest BCUT2D eigenvalue weighted by Crippen LogP contribution is 2.26. The molecule has 0 aromatic carbocycles. The SMILES string of the molecule is Cc1noc(C)c1CN1C(=O)C(C)(C)NC(=O)C1C(C)C. The van der Waals surface area contributed by atoms with E-state index in [2.05, 4.69) is 10.5 Å². The molecule has 1 N–H and O–H groups in total. The van der Waals surface area contributed by atoms with Crippen LogP contribution in [0.2, 0.25) is 0 Å². The molecular weight excluding hydrogens is 270 g/mol. The fourth-order valence-corrected chi connectivity index (χ4v) is 2.79. The normalized spacial score (nSPS) is 21.9. The number of hydrogen-bond acceptors (Lipinski definition) is 4. The van der Waals surface area contributed by atoms with Gasteiger partial charge in [0.05, 0.1) is 12.2 Å². The zero-order valence-electron chi connectivity index (χ0n) is 13.5. The van der Waals surface area contributed by atoms with Gasteiger partial charge in [-0.05, 0) is 33.6 Å². The highest BCUT2D eigenvalue weighted by molar-refractivity contribution is 5.99. The number of nitrogens with zero attached hydrogens (tertiary/aromatic N) is 2. The molecule has 1 atom stereocenters. The number of piperazine rings is 1. The van der Waals surface area contributed by atoms with Gasteiger partial charge in [-0.15, -0.1) is 0 Å². The minimum absolute atomic E-state index is 0.0329. The van der Waals surface area contributed by atoms with E-state index in [0.717, 1.165) is 11.3 Å². The third-order valence-corrected chi connectivity index (χ3v) is 3.98. The van der Waals surface area contributed by atoms with Crippen molar-refractivity contribution in [2.45, 2.75) is 59.7 Å². The quantitative estimate of drug-likeness (QED) is 0.917. The van der Waals surface area contributed by atoms with Gasteiger partial charge < -0.3 is 14.7 Å². The summed E-state index contributed by atoms with van der Waals surface area (Å²) in [5, 5.41) is 6.72. The average Bonchev–Trinajstić information content (AvgIpc) is 2.66. The summed E-state index contributed by atoms with van der Waals surface area (Å²) in [5.41, 5.74) is 0.743. The van der Waals surface area contributed by atoms with Crippen LogP contribution in [0.25, 0.3) is 0 Å². The summed E-state index contributed by atoms with van der Waals surface area (Å²) in [7, 11) is 0. The minimum Gasteiger partial charge on any atom is -0.361 e. The summed E-state index contributed by atoms with van der Waals surface area (Å²) in [6.07, 6.45) is 0. The smallest absolute Gasteiger partial charge is 0.248 e. The van der Waals surface area contributed by atoms with E-state index in [0.29, 0.717) is 12.3 Å². The van der Waals surface area contributed by atoms with Crippen LogP contribution in [0.15, 0.2) is 4.52 Å². The Morgan fingerprint density at radius 2 is 1.95 bits per heavy atom. The summed E-state index contributed by atoms with van der Waals surface area (Å²) in [6, 6.07) is -0.473. The average molecular weight is 293 g/mol. The molecular formula is C15H23N3O3. The van der Waals surface area contributed by atoms with Crippen LogP contribution in [0.1, 0.15) is 44.7 Å². The van der Waals surface area contributed by atoms with Gasteiger partial charge >= 0.3 is 0 Å². The predicted octanol–water partition coefficient (Wildman–Crippen LogP) is 1.55. The van der Waals surface area contributed by atoms with Gasteiger partial charge in [0, 0.05) is 5.56 Å². The van der Waals surface area contributed by atoms with Crippen molar-refractivity contribution in [3.63, 3.8) is 0 Å². The van der Waals surface area contributed by atoms with Crippen molar-refractivity contribution in [2.24, 2.45) is 5.92 Å². The van der Waals surface area contributed by atoms with E-state index in [1.165, 1.54) is 0 Å². The topological polar surface area (TPSA) is 75.4 Å². The van der Waals surface area contributed by atoms with E-state index in [4.69, 9.17) is 4.52 Å². The zero-order chi connectivity index (χ0) is 15.9. The molecule has 0 aliphatic carbocycles. The van der Waals surface area contributed by atoms with Crippen molar-refractivity contribution in [2.75, 3.05) is 0 Å². The Hall–Kier alpha value is -1.85. The number of aryl methyl sites for hydroxylation is 2. The fourth-order valence-electron chi connectivity index (χ4n) is 2.79. The molecule has 1 unspecified atom stereocenters. The van der Waals surface area contributed by atoms with Gasteiger partial charge in [-0.1, -0.05) is 19.0 Å². The largest absolute Gasteiger partial charge is 0.361 e. The molecule has 2 heterocycles. The summed E-state index contributed by atoms with van der Waals surface area (Å²) >= 11 is 0. The summed E-state index contributed by atoms with van der Waals surface area (Å²) in [5.74, 6) is 0.527. The molecule has 1 aromatic rings. The van der Waals surface area contributed by atoms with Crippen molar-refractivity contribution in [1.82, 2.24) is 15.4 Å². The molecule has 1 aliphatic rings. The molecule has 1 fully saturated rings. The van der Waals surface area contributed by atoms with E-state index in [-0.39, 0.29) is 17.7 Å². The van der Waals surface area contributed by atoms with Gasteiger partial charge in [-0.25, -0.2) is 0 Å². The molecule has 2 amide bonds. The van der Waals surface area contributed by atoms with E-state index >= 15 is 0 Å². The molecule has 0 bridgehead atoms. The van der Waals surface area contributed by atoms with Crippen LogP contribution < -0.4 is 5.32 Å². The Balaban J connectivity index is 2.40. The summed E-state index contributed by atoms with van der Waals surface area (Å²) < 4.78 is 5.16. The zero-order valence-corrected chi connectivity index (χ0v) is 13.5. The number of nitrogens with one attached hydrogen (secondary N) is 1. The number of carbonyl (C=O) groups is 2. The molecule has 0 saturated carbocycles. The first-order valence-corrected chi connectivity index (χ1v) is 7.20. The first-order chi connectivity index (χ1) is 9.65. The minimum atomic E-state index is -0.887. The van der Waals surface area contributed by atoms with Gasteiger partial charge in [0.15, 0.2) is 0 Å². The van der Waals surface area contributed by atoms with Crippen LogP contribution in [0.5, 0.6) is 0 Å². The van der Waals surface area contributed by atoms with Crippen molar-refractivity contribution in [3.05, 3.63) is 17.0 Å². The third-order valence-electron chi connectivity index (χ3n) is 3.98. The number of aromatic nitrogens is 1. The van der Waals surface area contributed by atoms with Crippen molar-refractivity contribution in [1.29, 1.82) is 0 Å². The first kappa shape index (κ1) is 15.5. The van der Waals surface area contributed by atoms with Gasteiger partial charge in [0.25, 0.3) is 0 Å². The third kappa shape index (κ3) is 2.66. The van der Waals surface area contributed by atoms with Gasteiger partial charge in [0.2, 0.25) is 11.8 Å². The molecule has 1 aromatic heterocycles. The maximum Gasteiger partial charge on any atom is 0.248 e. The lowest BCUT2D eigenvalue weighted by molar-refractivity contribution is -0.156. The maximum atomic E-state index is 12.7. The van der Waals surface area contributed by atoms with E-state index in [9.17, 15) is 9.59 Å². The second kappa shape index (κ2) is 5.16. The van der Waals surface area contributed by atoms with Gasteiger partial charge in [-0.3, -0.25) is 9.59 Å². The van der Waals surface area contributed by atoms with Crippen LogP contribution in [-0.4, -0.2) is 33.5 Å². The number of carbonyl (C=O) groups excluding carboxylic acids is 2. The Labute approximate surface area is 124 Å². The standard InChI is InChI=1S/C15H23N3O3/c1-8(2)12-13(19)16-15(5,6)14(20)18(12)7-11-9(3)17-21-10(11)4/h8,12H,7H2,1-6H3,(H,16,19). The molecule has 21 heavy (non-hydrogen) atoms.